The number of benzene rings is 1. The lowest BCUT2D eigenvalue weighted by molar-refractivity contribution is 0.0911. The average molecular weight is 397 g/mol. The Morgan fingerprint density at radius 3 is 2.34 bits per heavy atom. The molecule has 5 nitrogen and oxygen atoms in total. The molecule has 29 heavy (non-hydrogen) atoms. The van der Waals surface area contributed by atoms with E-state index in [0.29, 0.717) is 6.54 Å². The predicted octanol–water partition coefficient (Wildman–Crippen LogP) is 3.64. The van der Waals surface area contributed by atoms with Gasteiger partial charge in [-0.05, 0) is 57.9 Å². The van der Waals surface area contributed by atoms with Crippen molar-refractivity contribution in [2.24, 2.45) is 0 Å². The summed E-state index contributed by atoms with van der Waals surface area (Å²) in [4.78, 5) is 22.6. The highest BCUT2D eigenvalue weighted by Crippen LogP contribution is 2.27. The summed E-state index contributed by atoms with van der Waals surface area (Å²) < 4.78 is 1.88. The van der Waals surface area contributed by atoms with Crippen LogP contribution in [0.25, 0.3) is 10.9 Å². The number of nitrogens with zero attached hydrogens (tertiary/aromatic N) is 4. The Balaban J connectivity index is 1.44. The zero-order valence-corrected chi connectivity index (χ0v) is 18.4. The van der Waals surface area contributed by atoms with E-state index in [0.717, 1.165) is 42.3 Å². The van der Waals surface area contributed by atoms with E-state index in [-0.39, 0.29) is 11.1 Å². The van der Waals surface area contributed by atoms with Gasteiger partial charge in [0.25, 0.3) is 0 Å². The molecule has 2 aliphatic rings. The van der Waals surface area contributed by atoms with E-state index in [1.165, 1.54) is 45.2 Å². The van der Waals surface area contributed by atoms with Crippen LogP contribution in [-0.4, -0.2) is 58.1 Å². The van der Waals surface area contributed by atoms with Crippen molar-refractivity contribution in [3.05, 3.63) is 40.4 Å². The first-order valence-electron chi connectivity index (χ1n) is 11.4. The number of fused-ring (bicyclic) bond motifs is 1. The highest BCUT2D eigenvalue weighted by molar-refractivity contribution is 5.82. The molecule has 1 aromatic carbocycles. The van der Waals surface area contributed by atoms with Gasteiger partial charge in [-0.1, -0.05) is 45.4 Å². The molecule has 2 saturated heterocycles. The minimum Gasteiger partial charge on any atom is -0.301 e. The highest BCUT2D eigenvalue weighted by Gasteiger charge is 2.26. The van der Waals surface area contributed by atoms with Gasteiger partial charge < -0.3 is 9.80 Å². The van der Waals surface area contributed by atoms with Gasteiger partial charge in [-0.3, -0.25) is 4.57 Å². The van der Waals surface area contributed by atoms with Crippen LogP contribution in [-0.2, 0) is 12.0 Å². The molecule has 2 aromatic rings. The number of hydrogen-bond donors (Lipinski definition) is 0. The molecular weight excluding hydrogens is 360 g/mol. The van der Waals surface area contributed by atoms with Gasteiger partial charge in [0.05, 0.1) is 11.2 Å². The fourth-order valence-corrected chi connectivity index (χ4v) is 5.05. The Morgan fingerprint density at radius 2 is 1.66 bits per heavy atom. The summed E-state index contributed by atoms with van der Waals surface area (Å²) >= 11 is 0. The normalized spacial score (nSPS) is 20.4. The van der Waals surface area contributed by atoms with Crippen LogP contribution >= 0.6 is 0 Å². The summed E-state index contributed by atoms with van der Waals surface area (Å²) in [5.41, 5.74) is 1.66. The second-order valence-corrected chi connectivity index (χ2v) is 9.83. The Bertz CT molecular complexity index is 884. The van der Waals surface area contributed by atoms with Crippen molar-refractivity contribution in [1.29, 1.82) is 0 Å². The van der Waals surface area contributed by atoms with Crippen LogP contribution in [0.1, 0.15) is 58.6 Å². The molecule has 0 aliphatic carbocycles. The standard InChI is InChI=1S/C24H36N4O/c1-24(2,3)22-20-9-5-6-10-21(20)28(23(29)25-22)18-17-26-15-11-19(12-16-26)27-13-7-4-8-14-27/h5-6,9-10,19H,4,7-8,11-18H2,1-3H3. The maximum atomic E-state index is 12.9. The summed E-state index contributed by atoms with van der Waals surface area (Å²) in [5.74, 6) is 0. The zero-order chi connectivity index (χ0) is 20.4. The van der Waals surface area contributed by atoms with E-state index in [9.17, 15) is 4.79 Å². The van der Waals surface area contributed by atoms with E-state index < -0.39 is 0 Å². The topological polar surface area (TPSA) is 41.4 Å². The molecule has 0 saturated carbocycles. The Kier molecular flexibility index (Phi) is 6.07. The van der Waals surface area contributed by atoms with Crippen LogP contribution in [0, 0.1) is 0 Å². The Labute approximate surface area is 174 Å². The third-order valence-electron chi connectivity index (χ3n) is 6.70. The number of likely N-dealkylation sites (tertiary alicyclic amines) is 2. The Hall–Kier alpha value is -1.72. The van der Waals surface area contributed by atoms with Crippen LogP contribution in [0.2, 0.25) is 0 Å². The fraction of sp³-hybridized carbons (Fsp3) is 0.667. The van der Waals surface area contributed by atoms with Gasteiger partial charge in [-0.25, -0.2) is 4.79 Å². The molecule has 5 heteroatoms. The second-order valence-electron chi connectivity index (χ2n) is 9.83. The molecule has 2 aliphatic heterocycles. The third kappa shape index (κ3) is 4.56. The minimum absolute atomic E-state index is 0.114. The summed E-state index contributed by atoms with van der Waals surface area (Å²) in [6, 6.07) is 9.00. The molecule has 0 unspecified atom stereocenters. The Morgan fingerprint density at radius 1 is 0.966 bits per heavy atom. The van der Waals surface area contributed by atoms with Crippen molar-refractivity contribution in [2.75, 3.05) is 32.7 Å². The first-order chi connectivity index (χ1) is 13.9. The van der Waals surface area contributed by atoms with Gasteiger partial charge in [0.1, 0.15) is 0 Å². The lowest BCUT2D eigenvalue weighted by atomic mass is 9.89. The predicted molar refractivity (Wildman–Crippen MR) is 120 cm³/mol. The maximum absolute atomic E-state index is 12.9. The molecule has 0 atom stereocenters. The molecule has 0 N–H and O–H groups in total. The van der Waals surface area contributed by atoms with Gasteiger partial charge in [-0.15, -0.1) is 0 Å². The minimum atomic E-state index is -0.145. The largest absolute Gasteiger partial charge is 0.348 e. The van der Waals surface area contributed by atoms with Gasteiger partial charge >= 0.3 is 5.69 Å². The third-order valence-corrected chi connectivity index (χ3v) is 6.70. The van der Waals surface area contributed by atoms with Gasteiger partial charge in [0.2, 0.25) is 0 Å². The number of rotatable bonds is 4. The molecule has 2 fully saturated rings. The number of aromatic nitrogens is 2. The number of piperidine rings is 2. The van der Waals surface area contributed by atoms with Crippen LogP contribution in [0.15, 0.2) is 29.1 Å². The number of para-hydroxylation sites is 1. The van der Waals surface area contributed by atoms with Crippen molar-refractivity contribution in [3.63, 3.8) is 0 Å². The van der Waals surface area contributed by atoms with Gasteiger partial charge in [0.15, 0.2) is 0 Å². The molecule has 0 radical (unpaired) electrons. The fourth-order valence-electron chi connectivity index (χ4n) is 5.05. The van der Waals surface area contributed by atoms with Crippen LogP contribution in [0.4, 0.5) is 0 Å². The molecule has 3 heterocycles. The van der Waals surface area contributed by atoms with Crippen LogP contribution < -0.4 is 5.69 Å². The first-order valence-corrected chi connectivity index (χ1v) is 11.4. The molecule has 0 spiro atoms. The first kappa shape index (κ1) is 20.5. The molecular formula is C24H36N4O. The molecule has 158 valence electrons. The molecule has 0 amide bonds. The van der Waals surface area contributed by atoms with Gasteiger partial charge in [0, 0.05) is 29.9 Å². The van der Waals surface area contributed by atoms with Crippen molar-refractivity contribution in [2.45, 2.75) is 70.9 Å². The SMILES string of the molecule is CC(C)(C)c1nc(=O)n(CCN2CCC(N3CCCCC3)CC2)c2ccccc12. The van der Waals surface area contributed by atoms with E-state index in [1.807, 2.05) is 16.7 Å². The van der Waals surface area contributed by atoms with E-state index in [1.54, 1.807) is 0 Å². The zero-order valence-electron chi connectivity index (χ0n) is 18.4. The van der Waals surface area contributed by atoms with Crippen molar-refractivity contribution in [3.8, 4) is 0 Å². The smallest absolute Gasteiger partial charge is 0.301 e. The lowest BCUT2D eigenvalue weighted by Crippen LogP contribution is -2.47. The van der Waals surface area contributed by atoms with Crippen molar-refractivity contribution >= 4 is 10.9 Å². The van der Waals surface area contributed by atoms with Gasteiger partial charge in [-0.2, -0.15) is 4.98 Å². The van der Waals surface area contributed by atoms with Crippen LogP contribution in [0.5, 0.6) is 0 Å². The molecule has 4 rings (SSSR count). The highest BCUT2D eigenvalue weighted by atomic mass is 16.1. The van der Waals surface area contributed by atoms with E-state index in [4.69, 9.17) is 0 Å². The monoisotopic (exact) mass is 396 g/mol. The van der Waals surface area contributed by atoms with E-state index in [2.05, 4.69) is 47.7 Å². The summed E-state index contributed by atoms with van der Waals surface area (Å²) in [5, 5.41) is 1.10. The molecule has 0 bridgehead atoms. The van der Waals surface area contributed by atoms with E-state index >= 15 is 0 Å². The second kappa shape index (κ2) is 8.57. The van der Waals surface area contributed by atoms with Crippen molar-refractivity contribution in [1.82, 2.24) is 19.4 Å². The summed E-state index contributed by atoms with van der Waals surface area (Å²) in [6.45, 7) is 12.9. The summed E-state index contributed by atoms with van der Waals surface area (Å²) in [7, 11) is 0. The number of hydrogen-bond acceptors (Lipinski definition) is 4. The lowest BCUT2D eigenvalue weighted by Gasteiger charge is -2.40. The molecule has 1 aromatic heterocycles. The summed E-state index contributed by atoms with van der Waals surface area (Å²) in [6.07, 6.45) is 6.66. The average Bonchev–Trinajstić information content (AvgIpc) is 2.73. The van der Waals surface area contributed by atoms with Crippen LogP contribution in [0.3, 0.4) is 0 Å². The quantitative estimate of drug-likeness (QED) is 0.791. The van der Waals surface area contributed by atoms with Crippen molar-refractivity contribution < 1.29 is 0 Å². The maximum Gasteiger partial charge on any atom is 0.348 e.